The maximum atomic E-state index is 10.1. The van der Waals surface area contributed by atoms with Crippen LogP contribution in [0.25, 0.3) is 0 Å². The van der Waals surface area contributed by atoms with Gasteiger partial charge in [-0.1, -0.05) is 0 Å². The molecule has 0 heterocycles. The van der Waals surface area contributed by atoms with Crippen molar-refractivity contribution in [2.45, 2.75) is 34.8 Å². The molecule has 2 unspecified atom stereocenters. The van der Waals surface area contributed by atoms with E-state index in [4.69, 9.17) is 5.26 Å². The van der Waals surface area contributed by atoms with Crippen molar-refractivity contribution in [3.05, 3.63) is 35.9 Å². The second kappa shape index (κ2) is 8.54. The zero-order valence-electron chi connectivity index (χ0n) is 10.2. The van der Waals surface area contributed by atoms with Gasteiger partial charge in [-0.3, -0.25) is 0 Å². The minimum atomic E-state index is -0.618. The molecule has 92 valence electrons. The van der Waals surface area contributed by atoms with Crippen LogP contribution in [0.15, 0.2) is 30.3 Å². The number of rotatable bonds is 7. The van der Waals surface area contributed by atoms with E-state index in [9.17, 15) is 5.11 Å². The Hall–Kier alpha value is -0.540. The topological polar surface area (TPSA) is 44.0 Å². The van der Waals surface area contributed by atoms with E-state index in [1.165, 1.54) is 17.3 Å². The molecule has 0 amide bonds. The van der Waals surface area contributed by atoms with E-state index >= 15 is 0 Å². The Labute approximate surface area is 114 Å². The van der Waals surface area contributed by atoms with Crippen LogP contribution in [0.1, 0.15) is 31.4 Å². The summed E-state index contributed by atoms with van der Waals surface area (Å²) < 4.78 is 2.19. The van der Waals surface area contributed by atoms with E-state index in [1.807, 2.05) is 30.3 Å². The third-order valence-corrected chi connectivity index (χ3v) is 5.97. The van der Waals surface area contributed by atoms with Gasteiger partial charge in [0.05, 0.1) is 0 Å². The second-order valence-electron chi connectivity index (χ2n) is 4.02. The number of nitrogens with zero attached hydrogens (tertiary/aromatic N) is 1. The van der Waals surface area contributed by atoms with Crippen molar-refractivity contribution in [2.24, 2.45) is 5.92 Å². The fourth-order valence-electron chi connectivity index (χ4n) is 1.54. The summed E-state index contributed by atoms with van der Waals surface area (Å²) in [5.74, 6) is -0.225. The third-order valence-electron chi connectivity index (χ3n) is 2.63. The van der Waals surface area contributed by atoms with Gasteiger partial charge in [-0.2, -0.15) is 0 Å². The number of hydrogen-bond acceptors (Lipinski definition) is 2. The Kier molecular flexibility index (Phi) is 7.29. The molecule has 0 saturated heterocycles. The van der Waals surface area contributed by atoms with Crippen LogP contribution in [0.4, 0.5) is 0 Å². The monoisotopic (exact) mass is 347 g/mol. The van der Waals surface area contributed by atoms with Gasteiger partial charge in [-0.05, 0) is 0 Å². The molecule has 3 heteroatoms. The normalized spacial score (nSPS) is 13.9. The molecule has 2 nitrogen and oxygen atoms in total. The molecular weight excluding hydrogens is 326 g/mol. The van der Waals surface area contributed by atoms with Crippen LogP contribution >= 0.6 is 0 Å². The Morgan fingerprint density at radius 2 is 2.06 bits per heavy atom. The molecule has 1 N–H and O–H groups in total. The summed E-state index contributed by atoms with van der Waals surface area (Å²) in [6.45, 7) is 2.19. The number of benzene rings is 1. The molecule has 0 spiro atoms. The molecule has 2 atom stereocenters. The summed E-state index contributed by atoms with van der Waals surface area (Å²) in [6, 6.07) is 11.8. The molecule has 0 aromatic heterocycles. The SMILES string of the molecule is CCCC[Te]CC(C#N)C(O)c1ccccc1. The minimum absolute atomic E-state index is 0.111. The quantitative estimate of drug-likeness (QED) is 0.609. The predicted molar refractivity (Wildman–Crippen MR) is 70.8 cm³/mol. The molecule has 17 heavy (non-hydrogen) atoms. The Morgan fingerprint density at radius 3 is 2.65 bits per heavy atom. The Bertz CT molecular complexity index is 347. The van der Waals surface area contributed by atoms with E-state index < -0.39 is 6.10 Å². The van der Waals surface area contributed by atoms with E-state index in [0.717, 1.165) is 10.0 Å². The van der Waals surface area contributed by atoms with Gasteiger partial charge in [0.1, 0.15) is 0 Å². The zero-order valence-corrected chi connectivity index (χ0v) is 12.5. The molecule has 0 radical (unpaired) electrons. The molecule has 0 aliphatic heterocycles. The van der Waals surface area contributed by atoms with E-state index in [2.05, 4.69) is 13.0 Å². The van der Waals surface area contributed by atoms with Crippen LogP contribution < -0.4 is 0 Å². The first-order valence-electron chi connectivity index (χ1n) is 6.00. The van der Waals surface area contributed by atoms with Gasteiger partial charge < -0.3 is 0 Å². The van der Waals surface area contributed by atoms with Crippen molar-refractivity contribution < 1.29 is 5.11 Å². The van der Waals surface area contributed by atoms with Crippen LogP contribution in [0.2, 0.25) is 8.94 Å². The zero-order chi connectivity index (χ0) is 12.5. The number of aliphatic hydroxyl groups excluding tert-OH is 1. The van der Waals surface area contributed by atoms with Crippen LogP contribution in [0, 0.1) is 17.2 Å². The molecule has 0 saturated carbocycles. The van der Waals surface area contributed by atoms with E-state index in [0.29, 0.717) is 0 Å². The standard InChI is InChI=1S/C14H19NOTe/c1-2-3-9-17-11-13(10-15)14(16)12-7-5-4-6-8-12/h4-8,13-14,16H,2-3,9,11H2,1H3. The van der Waals surface area contributed by atoms with Crippen LogP contribution in [-0.4, -0.2) is 26.0 Å². The van der Waals surface area contributed by atoms with Crippen LogP contribution in [0.5, 0.6) is 0 Å². The Balaban J connectivity index is 2.48. The summed E-state index contributed by atoms with van der Waals surface area (Å²) in [7, 11) is 0. The average Bonchev–Trinajstić information content (AvgIpc) is 2.39. The average molecular weight is 345 g/mol. The predicted octanol–water partition coefficient (Wildman–Crippen LogP) is 3.20. The van der Waals surface area contributed by atoms with Crippen molar-refractivity contribution in [2.75, 3.05) is 0 Å². The van der Waals surface area contributed by atoms with Gasteiger partial charge in [-0.25, -0.2) is 0 Å². The number of nitriles is 1. The van der Waals surface area contributed by atoms with Crippen molar-refractivity contribution in [1.82, 2.24) is 0 Å². The summed E-state index contributed by atoms with van der Waals surface area (Å²) in [5.41, 5.74) is 0.863. The molecule has 1 aromatic rings. The Morgan fingerprint density at radius 1 is 1.35 bits per heavy atom. The summed E-state index contributed by atoms with van der Waals surface area (Å²) in [4.78, 5) is 0. The first-order chi connectivity index (χ1) is 8.29. The fraction of sp³-hybridized carbons (Fsp3) is 0.500. The summed E-state index contributed by atoms with van der Waals surface area (Å²) >= 11 is -0.111. The maximum absolute atomic E-state index is 10.1. The van der Waals surface area contributed by atoms with Crippen molar-refractivity contribution in [3.63, 3.8) is 0 Å². The molecular formula is C14H19NOTe. The van der Waals surface area contributed by atoms with Crippen molar-refractivity contribution in [3.8, 4) is 6.07 Å². The van der Waals surface area contributed by atoms with Crippen molar-refractivity contribution >= 4 is 20.9 Å². The van der Waals surface area contributed by atoms with Gasteiger partial charge >= 0.3 is 114 Å². The molecule has 0 aliphatic carbocycles. The molecule has 1 aromatic carbocycles. The summed E-state index contributed by atoms with van der Waals surface area (Å²) in [5, 5.41) is 19.3. The number of unbranched alkanes of at least 4 members (excludes halogenated alkanes) is 1. The van der Waals surface area contributed by atoms with Crippen LogP contribution in [0.3, 0.4) is 0 Å². The van der Waals surface area contributed by atoms with E-state index in [-0.39, 0.29) is 26.8 Å². The molecule has 0 aliphatic rings. The first kappa shape index (κ1) is 14.5. The molecule has 0 bridgehead atoms. The second-order valence-corrected chi connectivity index (χ2v) is 7.30. The van der Waals surface area contributed by atoms with Crippen LogP contribution in [-0.2, 0) is 0 Å². The first-order valence-corrected chi connectivity index (χ1v) is 9.29. The van der Waals surface area contributed by atoms with Crippen molar-refractivity contribution in [1.29, 1.82) is 5.26 Å². The summed E-state index contributed by atoms with van der Waals surface area (Å²) in [6.07, 6.45) is 1.87. The van der Waals surface area contributed by atoms with Gasteiger partial charge in [0.2, 0.25) is 0 Å². The van der Waals surface area contributed by atoms with E-state index in [1.54, 1.807) is 0 Å². The number of aliphatic hydroxyl groups is 1. The molecule has 1 rings (SSSR count). The fourth-order valence-corrected chi connectivity index (χ4v) is 4.88. The van der Waals surface area contributed by atoms with Gasteiger partial charge in [0.25, 0.3) is 0 Å². The molecule has 0 fully saturated rings. The third kappa shape index (κ3) is 5.09. The van der Waals surface area contributed by atoms with Gasteiger partial charge in [0.15, 0.2) is 0 Å². The van der Waals surface area contributed by atoms with Gasteiger partial charge in [0, 0.05) is 0 Å². The number of hydrogen-bond donors (Lipinski definition) is 1. The van der Waals surface area contributed by atoms with Gasteiger partial charge in [-0.15, -0.1) is 0 Å².